The molecule has 4 rings (SSSR count). The largest absolute Gasteiger partial charge is 0.478 e. The maximum absolute atomic E-state index is 6.03. The zero-order valence-corrected chi connectivity index (χ0v) is 17.5. The van der Waals surface area contributed by atoms with E-state index >= 15 is 0 Å². The van der Waals surface area contributed by atoms with Gasteiger partial charge in [-0.05, 0) is 23.3 Å². The third-order valence-corrected chi connectivity index (χ3v) is 5.95. The van der Waals surface area contributed by atoms with E-state index in [2.05, 4.69) is 73.2 Å². The van der Waals surface area contributed by atoms with Gasteiger partial charge in [0.2, 0.25) is 0 Å². The van der Waals surface area contributed by atoms with Gasteiger partial charge in [-0.15, -0.1) is 13.2 Å². The van der Waals surface area contributed by atoms with Crippen molar-refractivity contribution in [3.8, 4) is 11.5 Å². The summed E-state index contributed by atoms with van der Waals surface area (Å²) in [4.78, 5) is 4.47. The minimum atomic E-state index is -0.146. The van der Waals surface area contributed by atoms with Gasteiger partial charge in [-0.2, -0.15) is 0 Å². The molecule has 0 aliphatic carbocycles. The maximum atomic E-state index is 6.03. The van der Waals surface area contributed by atoms with Crippen LogP contribution in [0, 0.1) is 0 Å². The van der Waals surface area contributed by atoms with Crippen molar-refractivity contribution in [3.05, 3.63) is 84.0 Å². The van der Waals surface area contributed by atoms with E-state index in [1.54, 1.807) is 0 Å². The van der Waals surface area contributed by atoms with Gasteiger partial charge in [0.15, 0.2) is 0 Å². The molecule has 0 amide bonds. The van der Waals surface area contributed by atoms with Crippen LogP contribution in [0.2, 0.25) is 0 Å². The first-order valence-corrected chi connectivity index (χ1v) is 10.2. The fraction of sp³-hybridized carbons (Fsp3) is 0.360. The molecule has 4 heteroatoms. The van der Waals surface area contributed by atoms with Gasteiger partial charge >= 0.3 is 0 Å². The second-order valence-corrected chi connectivity index (χ2v) is 8.42. The van der Waals surface area contributed by atoms with Crippen molar-refractivity contribution in [2.45, 2.75) is 32.4 Å². The van der Waals surface area contributed by atoms with Crippen molar-refractivity contribution in [2.75, 3.05) is 26.6 Å². The zero-order chi connectivity index (χ0) is 20.4. The molecule has 2 heterocycles. The molecule has 152 valence electrons. The van der Waals surface area contributed by atoms with Crippen molar-refractivity contribution in [3.63, 3.8) is 0 Å². The van der Waals surface area contributed by atoms with Gasteiger partial charge in [-0.25, -0.2) is 0 Å². The van der Waals surface area contributed by atoms with Crippen LogP contribution in [0.1, 0.15) is 36.1 Å². The summed E-state index contributed by atoms with van der Waals surface area (Å²) in [6.45, 7) is 16.9. The summed E-state index contributed by atoms with van der Waals surface area (Å²) in [5.41, 5.74) is 4.81. The molecule has 29 heavy (non-hydrogen) atoms. The van der Waals surface area contributed by atoms with Crippen molar-refractivity contribution in [1.29, 1.82) is 0 Å². The number of hydrogen-bond acceptors (Lipinski definition) is 4. The summed E-state index contributed by atoms with van der Waals surface area (Å²) < 4.78 is 12.1. The molecule has 2 aliphatic heterocycles. The van der Waals surface area contributed by atoms with Crippen LogP contribution in [0.25, 0.3) is 0 Å². The topological polar surface area (TPSA) is 24.9 Å². The molecule has 0 bridgehead atoms. The van der Waals surface area contributed by atoms with Crippen LogP contribution in [0.15, 0.2) is 61.7 Å². The maximum Gasteiger partial charge on any atom is 0.142 e. The molecule has 0 saturated carbocycles. The highest BCUT2D eigenvalue weighted by atomic mass is 16.5. The van der Waals surface area contributed by atoms with Crippen LogP contribution in [-0.4, -0.2) is 36.4 Å². The van der Waals surface area contributed by atoms with Gasteiger partial charge in [-0.3, -0.25) is 9.80 Å². The minimum Gasteiger partial charge on any atom is -0.478 e. The molecule has 0 aromatic heterocycles. The highest BCUT2D eigenvalue weighted by Crippen LogP contribution is 2.38. The van der Waals surface area contributed by atoms with Crippen LogP contribution in [0.4, 0.5) is 0 Å². The van der Waals surface area contributed by atoms with Gasteiger partial charge in [0.1, 0.15) is 25.0 Å². The number of nitrogens with zero attached hydrogens (tertiary/aromatic N) is 2. The molecule has 2 aromatic rings. The molecule has 0 N–H and O–H groups in total. The Bertz CT molecular complexity index is 846. The van der Waals surface area contributed by atoms with Gasteiger partial charge < -0.3 is 9.47 Å². The number of rotatable bonds is 6. The second-order valence-electron chi connectivity index (χ2n) is 8.42. The highest BCUT2D eigenvalue weighted by Gasteiger charge is 2.28. The van der Waals surface area contributed by atoms with Crippen LogP contribution in [0.3, 0.4) is 0 Å². The predicted octanol–water partition coefficient (Wildman–Crippen LogP) is 4.69. The lowest BCUT2D eigenvalue weighted by molar-refractivity contribution is 0.107. The van der Waals surface area contributed by atoms with Gasteiger partial charge in [0.25, 0.3) is 0 Å². The number of hydrogen-bond donors (Lipinski definition) is 0. The monoisotopic (exact) mass is 390 g/mol. The standard InChI is InChI=1S/C25H30N2O2/c1-5-11-26-15-19-7-9-21(13-23(19)28-17-26)25(3,4)22-10-8-20-16-27(12-6-2)18-29-24(20)14-22/h5-10,13-14H,1-2,11-12,15-18H2,3-4H3. The third kappa shape index (κ3) is 3.96. The van der Waals surface area contributed by atoms with E-state index in [1.807, 2.05) is 12.2 Å². The van der Waals surface area contributed by atoms with Gasteiger partial charge in [0, 0.05) is 42.7 Å². The lowest BCUT2D eigenvalue weighted by Gasteiger charge is -2.33. The third-order valence-electron chi connectivity index (χ3n) is 5.95. The molecule has 4 nitrogen and oxygen atoms in total. The fourth-order valence-corrected chi connectivity index (χ4v) is 4.08. The summed E-state index contributed by atoms with van der Waals surface area (Å²) in [6.07, 6.45) is 3.83. The van der Waals surface area contributed by atoms with E-state index < -0.39 is 0 Å². The molecule has 0 radical (unpaired) electrons. The first-order valence-electron chi connectivity index (χ1n) is 10.2. The second kappa shape index (κ2) is 8.05. The zero-order valence-electron chi connectivity index (χ0n) is 17.5. The molecule has 2 aliphatic rings. The fourth-order valence-electron chi connectivity index (χ4n) is 4.08. The molecule has 0 saturated heterocycles. The first-order chi connectivity index (χ1) is 14.0. The van der Waals surface area contributed by atoms with Gasteiger partial charge in [-0.1, -0.05) is 50.3 Å². The summed E-state index contributed by atoms with van der Waals surface area (Å²) in [7, 11) is 0. The molecule has 0 unspecified atom stereocenters. The van der Waals surface area contributed by atoms with Crippen LogP contribution in [-0.2, 0) is 18.5 Å². The van der Waals surface area contributed by atoms with Crippen molar-refractivity contribution in [2.24, 2.45) is 0 Å². The minimum absolute atomic E-state index is 0.146. The van der Waals surface area contributed by atoms with Gasteiger partial charge in [0.05, 0.1) is 0 Å². The van der Waals surface area contributed by atoms with E-state index in [4.69, 9.17) is 9.47 Å². The van der Waals surface area contributed by atoms with Crippen molar-refractivity contribution < 1.29 is 9.47 Å². The summed E-state index contributed by atoms with van der Waals surface area (Å²) in [5, 5.41) is 0. The Morgan fingerprint density at radius 1 is 0.828 bits per heavy atom. The van der Waals surface area contributed by atoms with E-state index in [-0.39, 0.29) is 5.41 Å². The highest BCUT2D eigenvalue weighted by molar-refractivity contribution is 5.48. The first kappa shape index (κ1) is 19.7. The normalized spacial score (nSPS) is 16.9. The number of fused-ring (bicyclic) bond motifs is 2. The Labute approximate surface area is 174 Å². The molecular weight excluding hydrogens is 360 g/mol. The molecule has 0 fully saturated rings. The van der Waals surface area contributed by atoms with E-state index in [9.17, 15) is 0 Å². The molecule has 2 aromatic carbocycles. The lowest BCUT2D eigenvalue weighted by atomic mass is 9.77. The Morgan fingerprint density at radius 2 is 1.28 bits per heavy atom. The van der Waals surface area contributed by atoms with Crippen molar-refractivity contribution in [1.82, 2.24) is 9.80 Å². The van der Waals surface area contributed by atoms with Crippen LogP contribution >= 0.6 is 0 Å². The van der Waals surface area contributed by atoms with Crippen LogP contribution in [0.5, 0.6) is 11.5 Å². The SMILES string of the molecule is C=CCN1COc2cc(C(C)(C)c3ccc4c(c3)OCN(CC=C)C4)ccc2C1. The average molecular weight is 391 g/mol. The number of benzene rings is 2. The Kier molecular flexibility index (Phi) is 5.48. The number of ether oxygens (including phenoxy) is 2. The van der Waals surface area contributed by atoms with E-state index in [1.165, 1.54) is 22.3 Å². The summed E-state index contributed by atoms with van der Waals surface area (Å²) >= 11 is 0. The smallest absolute Gasteiger partial charge is 0.142 e. The lowest BCUT2D eigenvalue weighted by Crippen LogP contribution is -2.32. The quantitative estimate of drug-likeness (QED) is 0.668. The molecule has 0 atom stereocenters. The Morgan fingerprint density at radius 3 is 1.69 bits per heavy atom. The van der Waals surface area contributed by atoms with Crippen LogP contribution < -0.4 is 9.47 Å². The molecule has 0 spiro atoms. The summed E-state index contributed by atoms with van der Waals surface area (Å²) in [5.74, 6) is 1.98. The van der Waals surface area contributed by atoms with E-state index in [0.717, 1.165) is 37.7 Å². The predicted molar refractivity (Wildman–Crippen MR) is 117 cm³/mol. The van der Waals surface area contributed by atoms with E-state index in [0.29, 0.717) is 13.5 Å². The van der Waals surface area contributed by atoms with Crippen molar-refractivity contribution >= 4 is 0 Å². The average Bonchev–Trinajstić information content (AvgIpc) is 2.73. The molecular formula is C25H30N2O2. The Balaban J connectivity index is 1.58. The summed E-state index contributed by atoms with van der Waals surface area (Å²) in [6, 6.07) is 13.3. The Hall–Kier alpha value is -2.56.